The topological polar surface area (TPSA) is 29.5 Å². The van der Waals surface area contributed by atoms with E-state index in [2.05, 4.69) is 39.8 Å². The molecule has 2 unspecified atom stereocenters. The highest BCUT2D eigenvalue weighted by molar-refractivity contribution is 5.71. The van der Waals surface area contributed by atoms with Crippen LogP contribution in [0.5, 0.6) is 0 Å². The van der Waals surface area contributed by atoms with Gasteiger partial charge in [0, 0.05) is 5.54 Å². The van der Waals surface area contributed by atoms with E-state index in [1.807, 2.05) is 6.92 Å². The fraction of sp³-hybridized carbons (Fsp3) is 0.933. The molecule has 3 heteroatoms. The van der Waals surface area contributed by atoms with E-state index < -0.39 is 0 Å². The summed E-state index contributed by atoms with van der Waals surface area (Å²) in [4.78, 5) is 14.1. The van der Waals surface area contributed by atoms with Crippen LogP contribution in [0.25, 0.3) is 0 Å². The quantitative estimate of drug-likeness (QED) is 0.723. The molecule has 1 saturated carbocycles. The summed E-state index contributed by atoms with van der Waals surface area (Å²) in [6, 6.07) is 0. The van der Waals surface area contributed by atoms with E-state index >= 15 is 0 Å². The van der Waals surface area contributed by atoms with E-state index in [1.165, 1.54) is 12.8 Å². The highest BCUT2D eigenvalue weighted by Crippen LogP contribution is 2.47. The lowest BCUT2D eigenvalue weighted by atomic mass is 9.62. The van der Waals surface area contributed by atoms with Crippen molar-refractivity contribution in [3.63, 3.8) is 0 Å². The summed E-state index contributed by atoms with van der Waals surface area (Å²) >= 11 is 0. The average molecular weight is 255 g/mol. The van der Waals surface area contributed by atoms with Crippen molar-refractivity contribution in [2.24, 2.45) is 11.3 Å². The molecule has 0 bridgehead atoms. The van der Waals surface area contributed by atoms with Crippen molar-refractivity contribution in [1.29, 1.82) is 0 Å². The van der Waals surface area contributed by atoms with Gasteiger partial charge in [0.25, 0.3) is 0 Å². The maximum Gasteiger partial charge on any atom is 0.307 e. The van der Waals surface area contributed by atoms with Crippen molar-refractivity contribution >= 4 is 5.97 Å². The Morgan fingerprint density at radius 2 is 1.94 bits per heavy atom. The minimum Gasteiger partial charge on any atom is -0.466 e. The van der Waals surface area contributed by atoms with Gasteiger partial charge in [-0.15, -0.1) is 0 Å². The first-order chi connectivity index (χ1) is 8.23. The molecule has 0 aliphatic heterocycles. The van der Waals surface area contributed by atoms with Crippen LogP contribution in [-0.4, -0.2) is 37.1 Å². The molecule has 0 spiro atoms. The maximum atomic E-state index is 11.9. The maximum absolute atomic E-state index is 11.9. The Hall–Kier alpha value is -0.570. The number of hydrogen-bond donors (Lipinski definition) is 0. The molecule has 2 atom stereocenters. The zero-order chi connectivity index (χ0) is 14.0. The molecule has 1 aliphatic carbocycles. The SMILES string of the molecule is CCOC(=O)CC1(N(C)C)CCC(C)(C)CC1C. The van der Waals surface area contributed by atoms with Crippen molar-refractivity contribution in [3.05, 3.63) is 0 Å². The van der Waals surface area contributed by atoms with Crippen LogP contribution in [-0.2, 0) is 9.53 Å². The summed E-state index contributed by atoms with van der Waals surface area (Å²) in [5.41, 5.74) is 0.370. The number of esters is 1. The lowest BCUT2D eigenvalue weighted by Crippen LogP contribution is -2.55. The fourth-order valence-corrected chi connectivity index (χ4v) is 3.47. The highest BCUT2D eigenvalue weighted by Gasteiger charge is 2.46. The Morgan fingerprint density at radius 1 is 1.33 bits per heavy atom. The second-order valence-electron chi connectivity index (χ2n) is 6.75. The monoisotopic (exact) mass is 255 g/mol. The predicted octanol–water partition coefficient (Wildman–Crippen LogP) is 3.09. The molecule has 0 N–H and O–H groups in total. The normalized spacial score (nSPS) is 31.4. The molecule has 0 aromatic heterocycles. The van der Waals surface area contributed by atoms with Crippen LogP contribution < -0.4 is 0 Å². The number of rotatable bonds is 4. The highest BCUT2D eigenvalue weighted by atomic mass is 16.5. The van der Waals surface area contributed by atoms with Crippen LogP contribution in [0, 0.1) is 11.3 Å². The summed E-state index contributed by atoms with van der Waals surface area (Å²) in [7, 11) is 4.18. The molecule has 0 saturated heterocycles. The summed E-state index contributed by atoms with van der Waals surface area (Å²) in [5, 5.41) is 0. The minimum absolute atomic E-state index is 0.0260. The molecule has 0 radical (unpaired) electrons. The van der Waals surface area contributed by atoms with Gasteiger partial charge >= 0.3 is 5.97 Å². The predicted molar refractivity (Wildman–Crippen MR) is 74.5 cm³/mol. The first-order valence-corrected chi connectivity index (χ1v) is 7.06. The van der Waals surface area contributed by atoms with E-state index in [0.29, 0.717) is 24.4 Å². The molecule has 0 heterocycles. The van der Waals surface area contributed by atoms with Gasteiger partial charge in [-0.2, -0.15) is 0 Å². The third-order valence-corrected chi connectivity index (χ3v) is 4.66. The van der Waals surface area contributed by atoms with Crippen molar-refractivity contribution < 1.29 is 9.53 Å². The second-order valence-corrected chi connectivity index (χ2v) is 6.75. The van der Waals surface area contributed by atoms with Crippen LogP contribution in [0.1, 0.15) is 53.4 Å². The molecular weight excluding hydrogens is 226 g/mol. The Kier molecular flexibility index (Phi) is 4.82. The fourth-order valence-electron chi connectivity index (χ4n) is 3.47. The molecule has 0 aromatic carbocycles. The van der Waals surface area contributed by atoms with E-state index in [9.17, 15) is 4.79 Å². The number of hydrogen-bond acceptors (Lipinski definition) is 3. The zero-order valence-corrected chi connectivity index (χ0v) is 12.9. The van der Waals surface area contributed by atoms with E-state index in [1.54, 1.807) is 0 Å². The molecule has 18 heavy (non-hydrogen) atoms. The van der Waals surface area contributed by atoms with Gasteiger partial charge in [-0.3, -0.25) is 4.79 Å². The van der Waals surface area contributed by atoms with Gasteiger partial charge in [0.05, 0.1) is 13.0 Å². The minimum atomic E-state index is -0.0576. The smallest absolute Gasteiger partial charge is 0.307 e. The summed E-state index contributed by atoms with van der Waals surface area (Å²) in [6.45, 7) is 9.27. The third-order valence-electron chi connectivity index (χ3n) is 4.66. The zero-order valence-electron chi connectivity index (χ0n) is 12.9. The molecular formula is C15H29NO2. The summed E-state index contributed by atoms with van der Waals surface area (Å²) in [5.74, 6) is 0.457. The molecule has 1 fully saturated rings. The van der Waals surface area contributed by atoms with Gasteiger partial charge in [-0.05, 0) is 51.6 Å². The molecule has 3 nitrogen and oxygen atoms in total. The van der Waals surface area contributed by atoms with Crippen molar-refractivity contribution in [2.75, 3.05) is 20.7 Å². The lowest BCUT2D eigenvalue weighted by Gasteiger charge is -2.51. The molecule has 0 amide bonds. The Balaban J connectivity index is 2.85. The average Bonchev–Trinajstić information content (AvgIpc) is 2.21. The first kappa shape index (κ1) is 15.5. The molecule has 1 aliphatic rings. The van der Waals surface area contributed by atoms with E-state index in [0.717, 1.165) is 6.42 Å². The first-order valence-electron chi connectivity index (χ1n) is 7.06. The van der Waals surface area contributed by atoms with Gasteiger partial charge in [0.2, 0.25) is 0 Å². The van der Waals surface area contributed by atoms with Crippen LogP contribution in [0.4, 0.5) is 0 Å². The summed E-state index contributed by atoms with van der Waals surface area (Å²) < 4.78 is 5.15. The standard InChI is InChI=1S/C15H29NO2/c1-7-18-13(17)11-15(16(5)6)9-8-14(3,4)10-12(15)2/h12H,7-11H2,1-6H3. The molecule has 1 rings (SSSR count). The molecule has 106 valence electrons. The number of nitrogens with zero attached hydrogens (tertiary/aromatic N) is 1. The van der Waals surface area contributed by atoms with Gasteiger partial charge < -0.3 is 9.64 Å². The van der Waals surface area contributed by atoms with Crippen LogP contribution in [0.15, 0.2) is 0 Å². The number of carbonyl (C=O) groups excluding carboxylic acids is 1. The van der Waals surface area contributed by atoms with Gasteiger partial charge in [0.15, 0.2) is 0 Å². The second kappa shape index (κ2) is 5.60. The molecule has 0 aromatic rings. The third kappa shape index (κ3) is 3.25. The Labute approximate surface area is 112 Å². The van der Waals surface area contributed by atoms with Crippen LogP contribution >= 0.6 is 0 Å². The number of carbonyl (C=O) groups is 1. The lowest BCUT2D eigenvalue weighted by molar-refractivity contribution is -0.149. The Bertz CT molecular complexity index is 299. The Morgan fingerprint density at radius 3 is 2.39 bits per heavy atom. The van der Waals surface area contributed by atoms with Crippen molar-refractivity contribution in [3.8, 4) is 0 Å². The van der Waals surface area contributed by atoms with Crippen molar-refractivity contribution in [1.82, 2.24) is 4.90 Å². The largest absolute Gasteiger partial charge is 0.466 e. The van der Waals surface area contributed by atoms with Crippen LogP contribution in [0.3, 0.4) is 0 Å². The van der Waals surface area contributed by atoms with Crippen LogP contribution in [0.2, 0.25) is 0 Å². The van der Waals surface area contributed by atoms with Crippen molar-refractivity contribution in [2.45, 2.75) is 58.9 Å². The van der Waals surface area contributed by atoms with Gasteiger partial charge in [0.1, 0.15) is 0 Å². The van der Waals surface area contributed by atoms with Gasteiger partial charge in [-0.1, -0.05) is 20.8 Å². The number of ether oxygens (including phenoxy) is 1. The van der Waals surface area contributed by atoms with E-state index in [4.69, 9.17) is 4.74 Å². The van der Waals surface area contributed by atoms with Gasteiger partial charge in [-0.25, -0.2) is 0 Å². The summed E-state index contributed by atoms with van der Waals surface area (Å²) in [6.07, 6.45) is 3.94. The van der Waals surface area contributed by atoms with E-state index in [-0.39, 0.29) is 11.5 Å².